The number of nitrogens with two attached hydrogens (primary N) is 1. The first-order chi connectivity index (χ1) is 36.5. The van der Waals surface area contributed by atoms with Crippen molar-refractivity contribution in [3.8, 4) is 23.3 Å². The van der Waals surface area contributed by atoms with Gasteiger partial charge in [0.05, 0.1) is 105 Å². The lowest BCUT2D eigenvalue weighted by Gasteiger charge is -2.20. The van der Waals surface area contributed by atoms with Gasteiger partial charge in [0.25, 0.3) is 0 Å². The number of hydrogen-bond acceptors (Lipinski definition) is 18. The molecule has 22 nitrogen and oxygen atoms in total. The molecule has 5 N–H and O–H groups in total. The number of nitrogens with zero attached hydrogens (tertiary/aromatic N) is 11. The number of primary amides is 1. The number of unbranched alkanes of at least 4 members (excludes halogenated alkanes) is 2. The largest absolute Gasteiger partial charge is 0.463 e. The number of carbonyl (C=O) groups is 2. The zero-order valence-corrected chi connectivity index (χ0v) is 42.1. The molecule has 0 aliphatic rings. The molecule has 2 aromatic carbocycles. The Bertz CT molecular complexity index is 3020. The Morgan fingerprint density at radius 3 is 2.37 bits per heavy atom. The third kappa shape index (κ3) is 15.9. The van der Waals surface area contributed by atoms with Gasteiger partial charge in [-0.25, -0.2) is 28.7 Å². The molecule has 0 spiro atoms. The van der Waals surface area contributed by atoms with Gasteiger partial charge in [0.1, 0.15) is 22.7 Å². The van der Waals surface area contributed by atoms with E-state index in [2.05, 4.69) is 61.5 Å². The fourth-order valence-electron chi connectivity index (χ4n) is 7.81. The van der Waals surface area contributed by atoms with Crippen LogP contribution >= 0.6 is 11.6 Å². The van der Waals surface area contributed by atoms with Gasteiger partial charge in [-0.05, 0) is 69.4 Å². The number of nitriles is 1. The number of aromatic nitrogens is 11. The minimum absolute atomic E-state index is 0.0335. The zero-order valence-electron chi connectivity index (χ0n) is 41.3. The Morgan fingerprint density at radius 1 is 0.893 bits per heavy atom. The van der Waals surface area contributed by atoms with E-state index >= 15 is 4.39 Å². The molecule has 0 saturated carbocycles. The average Bonchev–Trinajstić information content (AvgIpc) is 4.13. The van der Waals surface area contributed by atoms with Crippen molar-refractivity contribution in [3.05, 3.63) is 123 Å². The first-order valence-corrected chi connectivity index (χ1v) is 24.5. The third-order valence-electron chi connectivity index (χ3n) is 11.6. The van der Waals surface area contributed by atoms with E-state index < -0.39 is 29.5 Å². The number of hydrogen-bond donors (Lipinski definition) is 4. The number of rotatable bonds is 31. The first kappa shape index (κ1) is 55.1. The van der Waals surface area contributed by atoms with Crippen molar-refractivity contribution < 1.29 is 42.1 Å². The number of fused-ring (bicyclic) bond motifs is 1. The highest BCUT2D eigenvalue weighted by Gasteiger charge is 2.25. The third-order valence-corrected chi connectivity index (χ3v) is 12.1. The van der Waals surface area contributed by atoms with Crippen molar-refractivity contribution >= 4 is 40.1 Å². The van der Waals surface area contributed by atoms with Crippen LogP contribution in [0.1, 0.15) is 95.2 Å². The van der Waals surface area contributed by atoms with Gasteiger partial charge in [0, 0.05) is 60.6 Å². The van der Waals surface area contributed by atoms with E-state index in [-0.39, 0.29) is 45.7 Å². The van der Waals surface area contributed by atoms with Crippen molar-refractivity contribution in [1.29, 1.82) is 5.26 Å². The number of pyridine rings is 2. The summed E-state index contributed by atoms with van der Waals surface area (Å²) in [5.41, 5.74) is 9.32. The molecule has 0 fully saturated rings. The smallest absolute Gasteiger partial charge is 0.316 e. The van der Waals surface area contributed by atoms with Gasteiger partial charge in [-0.3, -0.25) is 14.3 Å². The molecule has 0 unspecified atom stereocenters. The molecule has 2 atom stereocenters. The lowest BCUT2D eigenvalue weighted by Crippen LogP contribution is -2.28. The molecular formula is C50H56ClF2N15O7. The van der Waals surface area contributed by atoms with E-state index in [4.69, 9.17) is 41.0 Å². The van der Waals surface area contributed by atoms with E-state index in [1.165, 1.54) is 36.7 Å². The van der Waals surface area contributed by atoms with Crippen LogP contribution in [0.2, 0.25) is 5.02 Å². The number of ether oxygens (including phenoxy) is 5. The van der Waals surface area contributed by atoms with E-state index in [1.54, 1.807) is 42.8 Å². The Balaban J connectivity index is 0.704. The van der Waals surface area contributed by atoms with Crippen LogP contribution in [0.4, 0.5) is 14.5 Å². The Kier molecular flexibility index (Phi) is 20.6. The van der Waals surface area contributed by atoms with Crippen LogP contribution in [-0.2, 0) is 36.9 Å². The minimum Gasteiger partial charge on any atom is -0.463 e. The molecule has 7 rings (SSSR count). The van der Waals surface area contributed by atoms with Crippen LogP contribution in [0.15, 0.2) is 67.1 Å². The second-order valence-corrected chi connectivity index (χ2v) is 17.4. The van der Waals surface area contributed by atoms with E-state index in [0.29, 0.717) is 124 Å². The quantitative estimate of drug-likeness (QED) is 0.0356. The van der Waals surface area contributed by atoms with Gasteiger partial charge in [-0.15, -0.1) is 15.3 Å². The fraction of sp³-hybridized carbons (Fsp3) is 0.400. The summed E-state index contributed by atoms with van der Waals surface area (Å²) in [6, 6.07) is 13.7. The van der Waals surface area contributed by atoms with Gasteiger partial charge in [0.2, 0.25) is 11.8 Å². The second kappa shape index (κ2) is 28.1. The van der Waals surface area contributed by atoms with Crippen molar-refractivity contribution in [1.82, 2.24) is 60.9 Å². The van der Waals surface area contributed by atoms with Crippen LogP contribution in [0.5, 0.6) is 6.01 Å². The molecule has 0 bridgehead atoms. The van der Waals surface area contributed by atoms with Crippen molar-refractivity contribution in [3.63, 3.8) is 0 Å². The summed E-state index contributed by atoms with van der Waals surface area (Å²) in [5.74, 6) is -1.98. The maximum Gasteiger partial charge on any atom is 0.316 e. The Labute approximate surface area is 435 Å². The predicted octanol–water partition coefficient (Wildman–Crippen LogP) is 6.12. The number of aromatic amines is 1. The van der Waals surface area contributed by atoms with Gasteiger partial charge >= 0.3 is 6.01 Å². The van der Waals surface area contributed by atoms with Crippen LogP contribution in [-0.4, -0.2) is 127 Å². The molecule has 394 valence electrons. The molecule has 7 aromatic rings. The SMILES string of the molecule is Cc1nc2cc(F)c(-c3cnc(OCCCCCn4cc(COCCOCCOCCOCCNC(=O)CC[C@H](c5nn[nH]n5)c5ccccc5C(N)=O)nn4)nc3)nc2c(N[C@H](C)c2cc(C#N)ccc2F)c1Cl. The summed E-state index contributed by atoms with van der Waals surface area (Å²) < 4.78 is 60.1. The molecule has 0 saturated heterocycles. The molecule has 5 heterocycles. The maximum atomic E-state index is 15.5. The fourth-order valence-corrected chi connectivity index (χ4v) is 7.99. The molecule has 0 aliphatic carbocycles. The van der Waals surface area contributed by atoms with Gasteiger partial charge in [-0.1, -0.05) is 40.2 Å². The summed E-state index contributed by atoms with van der Waals surface area (Å²) in [6.45, 7) is 7.63. The standard InChI is InChI=1S/C50H56ClF2N15O7/c1-31(39-24-33(26-54)10-12-40(39)52)60-47-44(51)32(2)59-42-25-41(53)45(61-46(42)47)34-27-57-50(58-28-34)75-16-7-3-6-15-68-29-35(62-67-68)30-74-23-22-73-21-20-72-19-18-71-17-14-56-43(69)13-11-38(49-63-65-66-64-49)36-8-4-5-9-37(36)48(55)70/h4-5,8-10,12,24-25,27-29,31,38H,3,6-7,11,13-23,30H2,1-2H3,(H2,55,70)(H,56,69)(H,59,60)(H,63,64,65,66)/t31-,38+/m1/s1. The molecule has 2 amide bonds. The number of anilines is 1. The summed E-state index contributed by atoms with van der Waals surface area (Å²) in [7, 11) is 0. The topological polar surface area (TPSA) is 291 Å². The van der Waals surface area contributed by atoms with Gasteiger partial charge in [0.15, 0.2) is 11.6 Å². The molecular weight excluding hydrogens is 996 g/mol. The van der Waals surface area contributed by atoms with Gasteiger partial charge in [-0.2, -0.15) is 10.5 Å². The molecule has 25 heteroatoms. The summed E-state index contributed by atoms with van der Waals surface area (Å²) >= 11 is 6.68. The monoisotopic (exact) mass is 1050 g/mol. The van der Waals surface area contributed by atoms with Crippen molar-refractivity contribution in [2.75, 3.05) is 64.7 Å². The average molecular weight is 1050 g/mol. The van der Waals surface area contributed by atoms with Crippen molar-refractivity contribution in [2.45, 2.75) is 71.1 Å². The maximum absolute atomic E-state index is 15.5. The number of amides is 2. The highest BCUT2D eigenvalue weighted by molar-refractivity contribution is 6.35. The number of nitrogens with one attached hydrogen (secondary N) is 3. The van der Waals surface area contributed by atoms with Crippen LogP contribution in [0.3, 0.4) is 0 Å². The predicted molar refractivity (Wildman–Crippen MR) is 268 cm³/mol. The number of benzene rings is 2. The molecule has 0 radical (unpaired) electrons. The van der Waals surface area contributed by atoms with Crippen LogP contribution < -0.4 is 21.1 Å². The number of halogens is 3. The van der Waals surface area contributed by atoms with E-state index in [1.807, 2.05) is 12.3 Å². The van der Waals surface area contributed by atoms with Gasteiger partial charge < -0.3 is 40.1 Å². The van der Waals surface area contributed by atoms with Crippen LogP contribution in [0, 0.1) is 29.9 Å². The second-order valence-electron chi connectivity index (χ2n) is 17.0. The summed E-state index contributed by atoms with van der Waals surface area (Å²) in [6.07, 6.45) is 7.60. The van der Waals surface area contributed by atoms with E-state index in [0.717, 1.165) is 19.3 Å². The molecule has 5 aromatic heterocycles. The lowest BCUT2D eigenvalue weighted by atomic mass is 9.89. The minimum atomic E-state index is -0.646. The normalized spacial score (nSPS) is 12.1. The molecule has 75 heavy (non-hydrogen) atoms. The highest BCUT2D eigenvalue weighted by Crippen LogP contribution is 2.37. The number of aryl methyl sites for hydroxylation is 2. The molecule has 0 aliphatic heterocycles. The number of carbonyl (C=O) groups excluding carboxylic acids is 2. The lowest BCUT2D eigenvalue weighted by molar-refractivity contribution is -0.121. The first-order valence-electron chi connectivity index (χ1n) is 24.1. The highest BCUT2D eigenvalue weighted by atomic mass is 35.5. The number of H-pyrrole nitrogens is 1. The Hall–Kier alpha value is -7.69. The zero-order chi connectivity index (χ0) is 52.9. The van der Waals surface area contributed by atoms with Crippen molar-refractivity contribution in [2.24, 2.45) is 5.73 Å². The Morgan fingerprint density at radius 2 is 1.64 bits per heavy atom. The summed E-state index contributed by atoms with van der Waals surface area (Å²) in [4.78, 5) is 42.0. The van der Waals surface area contributed by atoms with E-state index in [9.17, 15) is 19.2 Å². The van der Waals surface area contributed by atoms with Crippen LogP contribution in [0.25, 0.3) is 22.3 Å². The number of tetrazole rings is 1. The summed E-state index contributed by atoms with van der Waals surface area (Å²) in [5, 5.41) is 38.1.